The van der Waals surface area contributed by atoms with Crippen LogP contribution in [-0.2, 0) is 9.59 Å². The number of carbonyl (C=O) groups excluding carboxylic acids is 3. The average Bonchev–Trinajstić information content (AvgIpc) is 3.00. The van der Waals surface area contributed by atoms with E-state index in [4.69, 9.17) is 5.11 Å². The van der Waals surface area contributed by atoms with Crippen molar-refractivity contribution >= 4 is 35.1 Å². The number of fused-ring (bicyclic) bond motifs is 1. The van der Waals surface area contributed by atoms with E-state index >= 15 is 0 Å². The zero-order chi connectivity index (χ0) is 21.4. The molecule has 1 heterocycles. The topological polar surface area (TPSA) is 104 Å². The van der Waals surface area contributed by atoms with Crippen LogP contribution >= 0.6 is 0 Å². The Labute approximate surface area is 173 Å². The highest BCUT2D eigenvalue weighted by Gasteiger charge is 2.47. The summed E-state index contributed by atoms with van der Waals surface area (Å²) in [6, 6.07) is 10.7. The van der Waals surface area contributed by atoms with Crippen molar-refractivity contribution in [2.24, 2.45) is 11.8 Å². The van der Waals surface area contributed by atoms with Gasteiger partial charge in [-0.25, -0.2) is 4.79 Å². The van der Waals surface area contributed by atoms with Crippen LogP contribution in [0.1, 0.15) is 39.1 Å². The van der Waals surface area contributed by atoms with Gasteiger partial charge in [0.05, 0.1) is 23.1 Å². The van der Waals surface area contributed by atoms with Gasteiger partial charge in [0.2, 0.25) is 11.8 Å². The molecule has 2 aromatic rings. The average molecular weight is 404 g/mol. The maximum Gasteiger partial charge on any atom is 0.335 e. The van der Waals surface area contributed by atoms with Gasteiger partial charge in [0.25, 0.3) is 5.91 Å². The van der Waals surface area contributed by atoms with E-state index in [1.165, 1.54) is 17.0 Å². The number of hydrogen-bond acceptors (Lipinski definition) is 4. The van der Waals surface area contributed by atoms with Crippen molar-refractivity contribution < 1.29 is 24.3 Å². The Bertz CT molecular complexity index is 1060. The van der Waals surface area contributed by atoms with Crippen LogP contribution in [0.2, 0.25) is 0 Å². The molecule has 1 fully saturated rings. The second-order valence-corrected chi connectivity index (χ2v) is 7.50. The summed E-state index contributed by atoms with van der Waals surface area (Å²) in [7, 11) is 0. The lowest BCUT2D eigenvalue weighted by atomic mass is 9.85. The van der Waals surface area contributed by atoms with Gasteiger partial charge in [0.15, 0.2) is 0 Å². The summed E-state index contributed by atoms with van der Waals surface area (Å²) >= 11 is 0. The molecule has 0 radical (unpaired) electrons. The molecule has 7 nitrogen and oxygen atoms in total. The molecule has 2 atom stereocenters. The smallest absolute Gasteiger partial charge is 0.335 e. The third-order valence-corrected chi connectivity index (χ3v) is 5.63. The van der Waals surface area contributed by atoms with Crippen LogP contribution in [0.4, 0.5) is 11.4 Å². The first-order valence-corrected chi connectivity index (χ1v) is 9.65. The lowest BCUT2D eigenvalue weighted by Crippen LogP contribution is -2.30. The SMILES string of the molecule is Cc1ccc(C(=O)O)cc1NC(=O)c1ccc(N2C(=O)[C@H]3CC=CC[C@H]3C2=O)cc1. The van der Waals surface area contributed by atoms with Gasteiger partial charge < -0.3 is 10.4 Å². The number of imide groups is 1. The van der Waals surface area contributed by atoms with Crippen molar-refractivity contribution in [3.8, 4) is 0 Å². The fraction of sp³-hybridized carbons (Fsp3) is 0.217. The number of nitrogens with one attached hydrogen (secondary N) is 1. The number of rotatable bonds is 4. The molecular formula is C23H20N2O5. The van der Waals surface area contributed by atoms with E-state index < -0.39 is 11.9 Å². The monoisotopic (exact) mass is 404 g/mol. The summed E-state index contributed by atoms with van der Waals surface area (Å²) < 4.78 is 0. The number of amides is 3. The van der Waals surface area contributed by atoms with Crippen LogP contribution < -0.4 is 10.2 Å². The van der Waals surface area contributed by atoms with Crippen LogP contribution in [0.3, 0.4) is 0 Å². The number of nitrogens with zero attached hydrogens (tertiary/aromatic N) is 1. The zero-order valence-electron chi connectivity index (χ0n) is 16.3. The molecular weight excluding hydrogens is 384 g/mol. The Kier molecular flexibility index (Phi) is 4.95. The number of anilines is 2. The van der Waals surface area contributed by atoms with Gasteiger partial charge in [0, 0.05) is 11.3 Å². The van der Waals surface area contributed by atoms with Crippen molar-refractivity contribution in [1.82, 2.24) is 0 Å². The highest BCUT2D eigenvalue weighted by Crippen LogP contribution is 2.37. The van der Waals surface area contributed by atoms with Crippen LogP contribution in [-0.4, -0.2) is 28.8 Å². The Morgan fingerprint density at radius 1 is 0.933 bits per heavy atom. The van der Waals surface area contributed by atoms with Gasteiger partial charge >= 0.3 is 5.97 Å². The van der Waals surface area contributed by atoms with E-state index in [0.717, 1.165) is 5.56 Å². The predicted molar refractivity (Wildman–Crippen MR) is 110 cm³/mol. The third-order valence-electron chi connectivity index (χ3n) is 5.63. The van der Waals surface area contributed by atoms with E-state index in [-0.39, 0.29) is 29.2 Å². The van der Waals surface area contributed by atoms with Crippen LogP contribution in [0, 0.1) is 18.8 Å². The predicted octanol–water partition coefficient (Wildman–Crippen LogP) is 3.40. The molecule has 1 aliphatic heterocycles. The number of benzene rings is 2. The van der Waals surface area contributed by atoms with Gasteiger partial charge in [-0.15, -0.1) is 0 Å². The van der Waals surface area contributed by atoms with Gasteiger partial charge in [-0.1, -0.05) is 18.2 Å². The molecule has 2 aromatic carbocycles. The molecule has 2 aliphatic rings. The fourth-order valence-electron chi connectivity index (χ4n) is 3.90. The van der Waals surface area contributed by atoms with E-state index in [0.29, 0.717) is 29.8 Å². The van der Waals surface area contributed by atoms with E-state index in [1.807, 2.05) is 12.2 Å². The molecule has 152 valence electrons. The lowest BCUT2D eigenvalue weighted by Gasteiger charge is -2.15. The van der Waals surface area contributed by atoms with Gasteiger partial charge in [0.1, 0.15) is 0 Å². The second-order valence-electron chi connectivity index (χ2n) is 7.50. The Hall–Kier alpha value is -3.74. The van der Waals surface area contributed by atoms with Crippen molar-refractivity contribution in [2.45, 2.75) is 19.8 Å². The maximum absolute atomic E-state index is 12.7. The first-order chi connectivity index (χ1) is 14.4. The first-order valence-electron chi connectivity index (χ1n) is 9.65. The Morgan fingerprint density at radius 2 is 1.50 bits per heavy atom. The number of aromatic carboxylic acids is 1. The first kappa shape index (κ1) is 19.6. The normalized spacial score (nSPS) is 20.2. The lowest BCUT2D eigenvalue weighted by molar-refractivity contribution is -0.122. The number of hydrogen-bond donors (Lipinski definition) is 2. The fourth-order valence-corrected chi connectivity index (χ4v) is 3.90. The highest BCUT2D eigenvalue weighted by molar-refractivity contribution is 6.22. The van der Waals surface area contributed by atoms with E-state index in [2.05, 4.69) is 5.32 Å². The van der Waals surface area contributed by atoms with Crippen LogP contribution in [0.5, 0.6) is 0 Å². The second kappa shape index (κ2) is 7.59. The number of allylic oxidation sites excluding steroid dienone is 2. The number of aryl methyl sites for hydroxylation is 1. The molecule has 3 amide bonds. The van der Waals surface area contributed by atoms with Crippen LogP contribution in [0.25, 0.3) is 0 Å². The molecule has 0 unspecified atom stereocenters. The summed E-state index contributed by atoms with van der Waals surface area (Å²) in [4.78, 5) is 50.3. The van der Waals surface area contributed by atoms with Crippen LogP contribution in [0.15, 0.2) is 54.6 Å². The minimum atomic E-state index is -1.08. The van der Waals surface area contributed by atoms with E-state index in [9.17, 15) is 19.2 Å². The molecule has 0 aromatic heterocycles. The van der Waals surface area contributed by atoms with Crippen molar-refractivity contribution in [1.29, 1.82) is 0 Å². The number of carbonyl (C=O) groups is 4. The van der Waals surface area contributed by atoms with Gasteiger partial charge in [-0.2, -0.15) is 0 Å². The summed E-state index contributed by atoms with van der Waals surface area (Å²) in [6.07, 6.45) is 5.01. The standard InChI is InChI=1S/C23H20N2O5/c1-13-6-7-15(23(29)30)12-19(13)24-20(26)14-8-10-16(11-9-14)25-21(27)17-4-2-3-5-18(17)22(25)28/h2-3,6-12,17-18H,4-5H2,1H3,(H,24,26)(H,29,30)/t17-,18+. The van der Waals surface area contributed by atoms with Gasteiger partial charge in [-0.3, -0.25) is 19.3 Å². The molecule has 4 rings (SSSR count). The molecule has 0 saturated carbocycles. The quantitative estimate of drug-likeness (QED) is 0.600. The number of carboxylic acid groups (broad SMARTS) is 1. The summed E-state index contributed by atoms with van der Waals surface area (Å²) in [5.41, 5.74) is 1.99. The largest absolute Gasteiger partial charge is 0.478 e. The number of carboxylic acids is 1. The highest BCUT2D eigenvalue weighted by atomic mass is 16.4. The maximum atomic E-state index is 12.7. The Morgan fingerprint density at radius 3 is 2.07 bits per heavy atom. The zero-order valence-corrected chi connectivity index (χ0v) is 16.3. The minimum Gasteiger partial charge on any atom is -0.478 e. The Balaban J connectivity index is 1.52. The molecule has 0 spiro atoms. The molecule has 30 heavy (non-hydrogen) atoms. The molecule has 2 N–H and O–H groups in total. The summed E-state index contributed by atoms with van der Waals surface area (Å²) in [5.74, 6) is -2.51. The minimum absolute atomic E-state index is 0.0771. The molecule has 7 heteroatoms. The van der Waals surface area contributed by atoms with Crippen molar-refractivity contribution in [2.75, 3.05) is 10.2 Å². The molecule has 0 bridgehead atoms. The molecule has 1 saturated heterocycles. The molecule has 1 aliphatic carbocycles. The van der Waals surface area contributed by atoms with Crippen molar-refractivity contribution in [3.05, 3.63) is 71.3 Å². The van der Waals surface area contributed by atoms with Crippen molar-refractivity contribution in [3.63, 3.8) is 0 Å². The van der Waals surface area contributed by atoms with E-state index in [1.54, 1.807) is 37.3 Å². The third kappa shape index (κ3) is 3.39. The van der Waals surface area contributed by atoms with Gasteiger partial charge in [-0.05, 0) is 61.7 Å². The summed E-state index contributed by atoms with van der Waals surface area (Å²) in [5, 5.41) is 11.8. The summed E-state index contributed by atoms with van der Waals surface area (Å²) in [6.45, 7) is 1.77.